The molecule has 1 aliphatic carbocycles. The normalized spacial score (nSPS) is 17.7. The Balaban J connectivity index is 2.20. The van der Waals surface area contributed by atoms with Gasteiger partial charge in [0.15, 0.2) is 0 Å². The maximum atomic E-state index is 4.58. The van der Waals surface area contributed by atoms with Gasteiger partial charge in [0, 0.05) is 19.2 Å². The van der Waals surface area contributed by atoms with E-state index in [0.29, 0.717) is 5.92 Å². The number of aromatic nitrogens is 2. The van der Waals surface area contributed by atoms with Gasteiger partial charge in [0.2, 0.25) is 0 Å². The Kier molecular flexibility index (Phi) is 3.77. The minimum absolute atomic E-state index is 0.586. The van der Waals surface area contributed by atoms with Crippen LogP contribution in [0, 0.1) is 3.57 Å². The topological polar surface area (TPSA) is 37.8 Å². The van der Waals surface area contributed by atoms with Crippen molar-refractivity contribution >= 4 is 28.4 Å². The standard InChI is InChI=1S/C11H16IN3/c1-13-11-9(12)7-14-10(15-11)8-5-3-2-4-6-8/h7-8H,2-6H2,1H3,(H,13,14,15). The summed E-state index contributed by atoms with van der Waals surface area (Å²) in [6, 6.07) is 0. The molecule has 0 amide bonds. The molecule has 1 aromatic rings. The minimum atomic E-state index is 0.586. The van der Waals surface area contributed by atoms with Crippen LogP contribution in [0.15, 0.2) is 6.20 Å². The highest BCUT2D eigenvalue weighted by Crippen LogP contribution is 2.31. The summed E-state index contributed by atoms with van der Waals surface area (Å²) in [6.07, 6.45) is 8.46. The zero-order chi connectivity index (χ0) is 10.7. The maximum Gasteiger partial charge on any atom is 0.142 e. The molecule has 0 aromatic carbocycles. The van der Waals surface area contributed by atoms with E-state index < -0.39 is 0 Å². The van der Waals surface area contributed by atoms with E-state index in [1.165, 1.54) is 32.1 Å². The van der Waals surface area contributed by atoms with Gasteiger partial charge in [-0.3, -0.25) is 0 Å². The van der Waals surface area contributed by atoms with Gasteiger partial charge in [-0.1, -0.05) is 19.3 Å². The molecular formula is C11H16IN3. The van der Waals surface area contributed by atoms with E-state index >= 15 is 0 Å². The number of hydrogen-bond acceptors (Lipinski definition) is 3. The quantitative estimate of drug-likeness (QED) is 0.852. The lowest BCUT2D eigenvalue weighted by atomic mass is 9.89. The molecule has 0 unspecified atom stereocenters. The summed E-state index contributed by atoms with van der Waals surface area (Å²) < 4.78 is 1.09. The summed E-state index contributed by atoms with van der Waals surface area (Å²) in [7, 11) is 1.91. The summed E-state index contributed by atoms with van der Waals surface area (Å²) in [6.45, 7) is 0. The molecular weight excluding hydrogens is 301 g/mol. The zero-order valence-electron chi connectivity index (χ0n) is 8.96. The molecule has 1 fully saturated rings. The lowest BCUT2D eigenvalue weighted by molar-refractivity contribution is 0.428. The summed E-state index contributed by atoms with van der Waals surface area (Å²) in [5.74, 6) is 2.58. The predicted molar refractivity (Wildman–Crippen MR) is 70.1 cm³/mol. The molecule has 1 aromatic heterocycles. The molecule has 0 bridgehead atoms. The second-order valence-electron chi connectivity index (χ2n) is 4.01. The molecule has 15 heavy (non-hydrogen) atoms. The van der Waals surface area contributed by atoms with Gasteiger partial charge in [-0.15, -0.1) is 0 Å². The van der Waals surface area contributed by atoms with E-state index in [4.69, 9.17) is 0 Å². The van der Waals surface area contributed by atoms with Crippen molar-refractivity contribution in [1.29, 1.82) is 0 Å². The van der Waals surface area contributed by atoms with Crippen LogP contribution in [0.4, 0.5) is 5.82 Å². The van der Waals surface area contributed by atoms with Gasteiger partial charge in [0.25, 0.3) is 0 Å². The average molecular weight is 317 g/mol. The van der Waals surface area contributed by atoms with Crippen molar-refractivity contribution in [3.05, 3.63) is 15.6 Å². The molecule has 82 valence electrons. The van der Waals surface area contributed by atoms with Crippen molar-refractivity contribution in [2.24, 2.45) is 0 Å². The fourth-order valence-corrected chi connectivity index (χ4v) is 2.64. The second-order valence-corrected chi connectivity index (χ2v) is 5.17. The van der Waals surface area contributed by atoms with E-state index in [9.17, 15) is 0 Å². The first-order chi connectivity index (χ1) is 7.31. The smallest absolute Gasteiger partial charge is 0.142 e. The summed E-state index contributed by atoms with van der Waals surface area (Å²) >= 11 is 2.26. The Morgan fingerprint density at radius 2 is 2.07 bits per heavy atom. The van der Waals surface area contributed by atoms with Gasteiger partial charge in [-0.05, 0) is 35.4 Å². The van der Waals surface area contributed by atoms with Gasteiger partial charge in [-0.25, -0.2) is 9.97 Å². The van der Waals surface area contributed by atoms with Gasteiger partial charge >= 0.3 is 0 Å². The highest BCUT2D eigenvalue weighted by atomic mass is 127. The van der Waals surface area contributed by atoms with Crippen molar-refractivity contribution in [2.75, 3.05) is 12.4 Å². The summed E-state index contributed by atoms with van der Waals surface area (Å²) in [4.78, 5) is 9.04. The molecule has 0 atom stereocenters. The Hall–Kier alpha value is -0.390. The van der Waals surface area contributed by atoms with Crippen molar-refractivity contribution in [3.63, 3.8) is 0 Å². The lowest BCUT2D eigenvalue weighted by Gasteiger charge is -2.20. The molecule has 1 heterocycles. The molecule has 1 saturated carbocycles. The zero-order valence-corrected chi connectivity index (χ0v) is 11.1. The van der Waals surface area contributed by atoms with Crippen LogP contribution in [-0.2, 0) is 0 Å². The highest BCUT2D eigenvalue weighted by Gasteiger charge is 2.18. The molecule has 0 aliphatic heterocycles. The first kappa shape index (κ1) is 11.1. The third kappa shape index (κ3) is 2.59. The van der Waals surface area contributed by atoms with Gasteiger partial charge < -0.3 is 5.32 Å². The van der Waals surface area contributed by atoms with Crippen LogP contribution in [0.2, 0.25) is 0 Å². The van der Waals surface area contributed by atoms with Gasteiger partial charge in [0.1, 0.15) is 11.6 Å². The molecule has 0 radical (unpaired) electrons. The van der Waals surface area contributed by atoms with Crippen LogP contribution in [0.1, 0.15) is 43.8 Å². The molecule has 1 aliphatic rings. The number of rotatable bonds is 2. The Morgan fingerprint density at radius 1 is 1.33 bits per heavy atom. The van der Waals surface area contributed by atoms with Crippen LogP contribution >= 0.6 is 22.6 Å². The largest absolute Gasteiger partial charge is 0.372 e. The third-order valence-electron chi connectivity index (χ3n) is 2.97. The third-order valence-corrected chi connectivity index (χ3v) is 3.76. The van der Waals surface area contributed by atoms with E-state index in [2.05, 4.69) is 37.9 Å². The first-order valence-electron chi connectivity index (χ1n) is 5.51. The molecule has 0 spiro atoms. The van der Waals surface area contributed by atoms with Crippen LogP contribution in [0.5, 0.6) is 0 Å². The van der Waals surface area contributed by atoms with E-state index in [-0.39, 0.29) is 0 Å². The van der Waals surface area contributed by atoms with E-state index in [0.717, 1.165) is 15.2 Å². The second kappa shape index (κ2) is 5.09. The maximum absolute atomic E-state index is 4.58. The first-order valence-corrected chi connectivity index (χ1v) is 6.59. The van der Waals surface area contributed by atoms with Gasteiger partial charge in [0.05, 0.1) is 3.57 Å². The van der Waals surface area contributed by atoms with Crippen LogP contribution in [0.25, 0.3) is 0 Å². The van der Waals surface area contributed by atoms with Gasteiger partial charge in [-0.2, -0.15) is 0 Å². The number of anilines is 1. The van der Waals surface area contributed by atoms with Crippen molar-refractivity contribution in [3.8, 4) is 0 Å². The molecule has 0 saturated heterocycles. The highest BCUT2D eigenvalue weighted by molar-refractivity contribution is 14.1. The Labute approximate surface area is 104 Å². The summed E-state index contributed by atoms with van der Waals surface area (Å²) in [5.41, 5.74) is 0. The van der Waals surface area contributed by atoms with E-state index in [1.54, 1.807) is 0 Å². The Morgan fingerprint density at radius 3 is 2.73 bits per heavy atom. The van der Waals surface area contributed by atoms with Crippen LogP contribution in [-0.4, -0.2) is 17.0 Å². The molecule has 1 N–H and O–H groups in total. The summed E-state index contributed by atoms with van der Waals surface area (Å²) in [5, 5.41) is 3.12. The van der Waals surface area contributed by atoms with E-state index in [1.807, 2.05) is 13.2 Å². The molecule has 4 heteroatoms. The fraction of sp³-hybridized carbons (Fsp3) is 0.636. The predicted octanol–water partition coefficient (Wildman–Crippen LogP) is 3.17. The average Bonchev–Trinajstić information content (AvgIpc) is 2.31. The minimum Gasteiger partial charge on any atom is -0.372 e. The number of halogens is 1. The molecule has 2 rings (SSSR count). The number of nitrogens with one attached hydrogen (secondary N) is 1. The van der Waals surface area contributed by atoms with Crippen molar-refractivity contribution in [2.45, 2.75) is 38.0 Å². The van der Waals surface area contributed by atoms with Crippen molar-refractivity contribution in [1.82, 2.24) is 9.97 Å². The number of nitrogens with zero attached hydrogens (tertiary/aromatic N) is 2. The fourth-order valence-electron chi connectivity index (χ4n) is 2.11. The monoisotopic (exact) mass is 317 g/mol. The SMILES string of the molecule is CNc1nc(C2CCCCC2)ncc1I. The Bertz CT molecular complexity index is 335. The van der Waals surface area contributed by atoms with Crippen molar-refractivity contribution < 1.29 is 0 Å². The van der Waals surface area contributed by atoms with Crippen LogP contribution in [0.3, 0.4) is 0 Å². The van der Waals surface area contributed by atoms with Crippen LogP contribution < -0.4 is 5.32 Å². The molecule has 3 nitrogen and oxygen atoms in total. The lowest BCUT2D eigenvalue weighted by Crippen LogP contribution is -2.10. The number of hydrogen-bond donors (Lipinski definition) is 1.